The Hall–Kier alpha value is -9.41. The number of hydrogen-bond donors (Lipinski definition) is 12. The number of aromatic nitrogens is 3. The van der Waals surface area contributed by atoms with E-state index in [1.54, 1.807) is 25.2 Å². The minimum Gasteiger partial charge on any atom is -0.508 e. The van der Waals surface area contributed by atoms with Crippen molar-refractivity contribution in [2.45, 2.75) is 114 Å². The zero-order valence-electron chi connectivity index (χ0n) is 53.2. The van der Waals surface area contributed by atoms with Crippen molar-refractivity contribution in [3.63, 3.8) is 0 Å². The summed E-state index contributed by atoms with van der Waals surface area (Å²) in [6, 6.07) is 30.8. The smallest absolute Gasteiger partial charge is 0.326 e. The molecule has 0 aliphatic rings. The molecule has 0 saturated heterocycles. The van der Waals surface area contributed by atoms with Gasteiger partial charge >= 0.3 is 6.03 Å². The molecule has 6 aromatic carbocycles. The first-order valence-electron chi connectivity index (χ1n) is 29.1. The Kier molecular flexibility index (Phi) is 25.3. The van der Waals surface area contributed by atoms with Gasteiger partial charge in [0.05, 0.1) is 16.9 Å². The normalized spacial score (nSPS) is 10.6. The van der Waals surface area contributed by atoms with Crippen LogP contribution in [0.1, 0.15) is 144 Å². The molecule has 0 aliphatic carbocycles. The van der Waals surface area contributed by atoms with Gasteiger partial charge in [-0.05, 0) is 146 Å². The molecule has 460 valence electrons. The topological polar surface area (TPSA) is 241 Å². The van der Waals surface area contributed by atoms with Crippen molar-refractivity contribution in [2.24, 2.45) is 12.8 Å². The lowest BCUT2D eigenvalue weighted by Crippen LogP contribution is -2.36. The number of aromatic hydroxyl groups is 6. The molecule has 2 amide bonds. The van der Waals surface area contributed by atoms with E-state index in [1.807, 2.05) is 141 Å². The number of phenolic OH excluding ortho intramolecular Hbond substituents is 6. The highest BCUT2D eigenvalue weighted by molar-refractivity contribution is 6.07. The van der Waals surface area contributed by atoms with Crippen LogP contribution in [0.4, 0.5) is 21.9 Å². The first kappa shape index (κ1) is 69.1. The minimum atomic E-state index is -0.386. The van der Waals surface area contributed by atoms with E-state index in [4.69, 9.17) is 0 Å². The molecule has 0 radical (unpaired) electrons. The molecule has 0 unspecified atom stereocenters. The molecule has 3 aromatic heterocycles. The van der Waals surface area contributed by atoms with Crippen molar-refractivity contribution >= 4 is 72.9 Å². The van der Waals surface area contributed by atoms with Gasteiger partial charge in [-0.25, -0.2) is 4.79 Å². The average Bonchev–Trinajstić information content (AvgIpc) is 2.07. The predicted molar refractivity (Wildman–Crippen MR) is 363 cm³/mol. The Balaban J connectivity index is 0.000000262. The second-order valence-electron chi connectivity index (χ2n) is 21.8. The lowest BCUT2D eigenvalue weighted by atomic mass is 9.97. The van der Waals surface area contributed by atoms with Crippen molar-refractivity contribution in [2.75, 3.05) is 42.1 Å². The van der Waals surface area contributed by atoms with Gasteiger partial charge < -0.3 is 67.3 Å². The van der Waals surface area contributed by atoms with Crippen molar-refractivity contribution < 1.29 is 35.4 Å². The maximum atomic E-state index is 12.8. The van der Waals surface area contributed by atoms with Crippen LogP contribution in [-0.4, -0.2) is 72.0 Å². The van der Waals surface area contributed by atoms with Crippen LogP contribution in [0.3, 0.4) is 0 Å². The van der Waals surface area contributed by atoms with Crippen LogP contribution in [0.15, 0.2) is 135 Å². The van der Waals surface area contributed by atoms with Crippen LogP contribution in [0.2, 0.25) is 0 Å². The fourth-order valence-corrected chi connectivity index (χ4v) is 9.42. The average molecular weight is 1170 g/mol. The molecule has 0 bridgehead atoms. The van der Waals surface area contributed by atoms with E-state index in [9.17, 15) is 35.4 Å². The Morgan fingerprint density at radius 2 is 1.02 bits per heavy atom. The third kappa shape index (κ3) is 16.9. The number of H-pyrrole nitrogens is 1. The summed E-state index contributed by atoms with van der Waals surface area (Å²) in [6.45, 7) is 36.6. The van der Waals surface area contributed by atoms with Gasteiger partial charge in [0.25, 0.3) is 0 Å². The number of carbonyl (C=O) groups is 1. The highest BCUT2D eigenvalue weighted by Crippen LogP contribution is 2.40. The van der Waals surface area contributed by atoms with E-state index in [-0.39, 0.29) is 58.3 Å². The second kappa shape index (κ2) is 31.5. The molecule has 16 nitrogen and oxygen atoms in total. The number of amides is 2. The Bertz CT molecular complexity index is 3700. The lowest BCUT2D eigenvalue weighted by Gasteiger charge is -2.26. The number of benzene rings is 6. The molecular weight excluding hydrogens is 1080 g/mol. The van der Waals surface area contributed by atoms with Crippen molar-refractivity contribution in [3.8, 4) is 34.5 Å². The number of anilines is 3. The van der Waals surface area contributed by atoms with E-state index in [0.29, 0.717) is 45.0 Å². The summed E-state index contributed by atoms with van der Waals surface area (Å²) in [5, 5.41) is 73.2. The molecule has 9 rings (SSSR count). The summed E-state index contributed by atoms with van der Waals surface area (Å²) in [6.07, 6.45) is 6.50. The summed E-state index contributed by atoms with van der Waals surface area (Å²) in [4.78, 5) is 17.5. The molecule has 0 saturated carbocycles. The van der Waals surface area contributed by atoms with Gasteiger partial charge in [0, 0.05) is 124 Å². The first-order chi connectivity index (χ1) is 40.7. The summed E-state index contributed by atoms with van der Waals surface area (Å²) in [5.74, 6) is 0.418. The summed E-state index contributed by atoms with van der Waals surface area (Å²) in [5.41, 5.74) is 20.6. The monoisotopic (exact) mass is 1170 g/mol. The number of aryl methyl sites for hydroxylation is 3. The van der Waals surface area contributed by atoms with Crippen LogP contribution in [0.25, 0.3) is 49.8 Å². The first-order valence-corrected chi connectivity index (χ1v) is 29.1. The van der Waals surface area contributed by atoms with Gasteiger partial charge in [-0.1, -0.05) is 102 Å². The van der Waals surface area contributed by atoms with Gasteiger partial charge in [0.15, 0.2) is 0 Å². The fourth-order valence-electron chi connectivity index (χ4n) is 9.42. The van der Waals surface area contributed by atoms with E-state index in [1.165, 1.54) is 43.0 Å². The number of rotatable bonds is 13. The predicted octanol–water partition coefficient (Wildman–Crippen LogP) is 16.8. The number of urea groups is 1. The van der Waals surface area contributed by atoms with Gasteiger partial charge in [-0.3, -0.25) is 9.58 Å². The molecule has 86 heavy (non-hydrogen) atoms. The quantitative estimate of drug-likeness (QED) is 0.0518. The molecule has 0 aliphatic heterocycles. The highest BCUT2D eigenvalue weighted by atomic mass is 16.3. The van der Waals surface area contributed by atoms with Crippen molar-refractivity contribution in [3.05, 3.63) is 180 Å². The summed E-state index contributed by atoms with van der Waals surface area (Å²) in [7, 11) is 6.89. The number of carbonyl (C=O) groups excluding carboxylic acids is 1. The van der Waals surface area contributed by atoms with E-state index < -0.39 is 0 Å². The largest absolute Gasteiger partial charge is 0.508 e. The number of nitrogens with zero attached hydrogens (tertiary/aromatic N) is 3. The van der Waals surface area contributed by atoms with Gasteiger partial charge in [0.1, 0.15) is 34.5 Å². The number of nitrogens with one attached hydrogen (secondary N) is 5. The Labute approximate surface area is 508 Å². The maximum Gasteiger partial charge on any atom is 0.326 e. The minimum absolute atomic E-state index is 0.00738. The van der Waals surface area contributed by atoms with E-state index in [0.717, 1.165) is 66.5 Å². The molecule has 3 heterocycles. The lowest BCUT2D eigenvalue weighted by molar-refractivity contribution is 0.250. The van der Waals surface area contributed by atoms with Crippen LogP contribution in [0, 0.1) is 13.8 Å². The molecule has 0 atom stereocenters. The van der Waals surface area contributed by atoms with Crippen LogP contribution in [-0.2, 0) is 7.05 Å². The Morgan fingerprint density at radius 3 is 1.49 bits per heavy atom. The van der Waals surface area contributed by atoms with Crippen LogP contribution < -0.4 is 32.0 Å². The van der Waals surface area contributed by atoms with Crippen molar-refractivity contribution in [1.82, 2.24) is 19.5 Å². The standard InChI is InChI=1S/C23H28N4O3.2C20H22N2O2.2C3H8.CH5N/c1-13(2)17-10-19(22(29)11-21(17)28)15(4)27(23(30)24-5)16-7-8-20-18(9-16)14(3)12-26(20)25-6;1-11(2)16-9-17(20(24)10-19(16)23)13(4)22-15-5-6-18-14(8-15)7-12(3)21-18;1-12(2)16-10-17(20(24)11-19(16)23)13(3)21-15-5-6-18-14(9-15)7-8-22(18)4;2*1-3-2;1-2/h7-13,25,28-29H,4H2,1-3,5-6H3,(H,24,30);5-11,21-24H,4H2,1-3H3;5-12,21,23-24H,3H2,1-2,4H3;2*3H2,1-2H3;2H2,1H3. The zero-order valence-corrected chi connectivity index (χ0v) is 53.2. The molecular formula is C70H93N9O7. The van der Waals surface area contributed by atoms with Crippen LogP contribution in [0.5, 0.6) is 34.5 Å². The molecule has 13 N–H and O–H groups in total. The van der Waals surface area contributed by atoms with E-state index in [2.05, 4.69) is 96.2 Å². The molecule has 0 spiro atoms. The van der Waals surface area contributed by atoms with E-state index >= 15 is 0 Å². The van der Waals surface area contributed by atoms with Gasteiger partial charge in [-0.2, -0.15) is 0 Å². The van der Waals surface area contributed by atoms with Gasteiger partial charge in [-0.15, -0.1) is 0 Å². The fraction of sp³-hybridized carbons (Fsp3) is 0.300. The number of fused-ring (bicyclic) bond motifs is 3. The zero-order chi connectivity index (χ0) is 64.4. The third-order valence-corrected chi connectivity index (χ3v) is 13.7. The maximum absolute atomic E-state index is 12.8. The molecule has 16 heteroatoms. The number of nitrogens with two attached hydrogens (primary N) is 1. The third-order valence-electron chi connectivity index (χ3n) is 13.7. The highest BCUT2D eigenvalue weighted by Gasteiger charge is 2.24. The second-order valence-corrected chi connectivity index (χ2v) is 21.8. The van der Waals surface area contributed by atoms with Crippen LogP contribution >= 0.6 is 0 Å². The summed E-state index contributed by atoms with van der Waals surface area (Å²) >= 11 is 0. The van der Waals surface area contributed by atoms with Gasteiger partial charge in [0.2, 0.25) is 0 Å². The SMILES string of the molecule is C=C(Nc1ccc2[nH]c(C)cc2c1)c1cc(C(C)C)c(O)cc1O.C=C(Nc1ccc2c(ccn2C)c1)c1cc(C(C)C)c(O)cc1O.C=C(c1cc(C(C)C)c(O)cc1O)N(C(=O)NC)c1ccc2c(c1)c(C)cn2NC.CCC.CCC.CN. The molecule has 9 aromatic rings. The summed E-state index contributed by atoms with van der Waals surface area (Å²) < 4.78 is 3.98. The number of hydrogen-bond acceptors (Lipinski definition) is 11. The Morgan fingerprint density at radius 1 is 0.581 bits per heavy atom. The molecule has 0 fully saturated rings. The number of phenols is 6. The number of aromatic amines is 1. The van der Waals surface area contributed by atoms with Crippen molar-refractivity contribution in [1.29, 1.82) is 0 Å².